The first-order valence-corrected chi connectivity index (χ1v) is 8.44. The van der Waals surface area contributed by atoms with Gasteiger partial charge in [0.05, 0.1) is 23.5 Å². The highest BCUT2D eigenvalue weighted by Gasteiger charge is 2.20. The first-order chi connectivity index (χ1) is 11.1. The van der Waals surface area contributed by atoms with E-state index >= 15 is 0 Å². The Balaban J connectivity index is 2.82. The number of nitrogens with zero attached hydrogens (tertiary/aromatic N) is 3. The second-order valence-electron chi connectivity index (χ2n) is 7.05. The Morgan fingerprint density at radius 1 is 1.29 bits per heavy atom. The Kier molecular flexibility index (Phi) is 7.25. The van der Waals surface area contributed by atoms with Crippen molar-refractivity contribution in [3.63, 3.8) is 0 Å². The molecule has 0 saturated heterocycles. The van der Waals surface area contributed by atoms with Crippen molar-refractivity contribution in [1.82, 2.24) is 14.7 Å². The number of anilines is 1. The number of carbonyl (C=O) groups excluding carboxylic acids is 1. The fraction of sp³-hybridized carbons (Fsp3) is 0.706. The van der Waals surface area contributed by atoms with Gasteiger partial charge in [-0.2, -0.15) is 5.10 Å². The van der Waals surface area contributed by atoms with Crippen LogP contribution in [0.1, 0.15) is 52.7 Å². The average Bonchev–Trinajstić information content (AvgIpc) is 2.87. The number of hydrogen-bond donors (Lipinski definition) is 2. The molecule has 2 amide bonds. The minimum absolute atomic E-state index is 0.152. The number of hydrogen-bond acceptors (Lipinski definition) is 3. The molecule has 136 valence electrons. The molecule has 0 spiro atoms. The molecule has 0 aromatic carbocycles. The van der Waals surface area contributed by atoms with Gasteiger partial charge in [0, 0.05) is 20.1 Å². The maximum absolute atomic E-state index is 12.3. The summed E-state index contributed by atoms with van der Waals surface area (Å²) in [4.78, 5) is 24.6. The number of urea groups is 1. The molecule has 0 radical (unpaired) electrons. The first-order valence-electron chi connectivity index (χ1n) is 8.44. The highest BCUT2D eigenvalue weighted by Crippen LogP contribution is 2.25. The first kappa shape index (κ1) is 20.0. The average molecular weight is 338 g/mol. The number of nitrogens with one attached hydrogen (secondary N) is 1. The third-order valence-electron chi connectivity index (χ3n) is 3.90. The van der Waals surface area contributed by atoms with Crippen molar-refractivity contribution in [2.24, 2.45) is 11.8 Å². The van der Waals surface area contributed by atoms with Crippen LogP contribution < -0.4 is 5.32 Å². The quantitative estimate of drug-likeness (QED) is 0.762. The van der Waals surface area contributed by atoms with Gasteiger partial charge in [0.25, 0.3) is 0 Å². The van der Waals surface area contributed by atoms with E-state index in [-0.39, 0.29) is 18.5 Å². The van der Waals surface area contributed by atoms with Gasteiger partial charge in [0.2, 0.25) is 0 Å². The van der Waals surface area contributed by atoms with Gasteiger partial charge in [0.1, 0.15) is 0 Å². The molecule has 1 aromatic rings. The van der Waals surface area contributed by atoms with Crippen molar-refractivity contribution in [1.29, 1.82) is 0 Å². The molecular formula is C17H30N4O3. The fourth-order valence-electron chi connectivity index (χ4n) is 2.44. The summed E-state index contributed by atoms with van der Waals surface area (Å²) in [5, 5.41) is 16.2. The molecule has 24 heavy (non-hydrogen) atoms. The normalized spacial score (nSPS) is 12.5. The molecular weight excluding hydrogens is 308 g/mol. The summed E-state index contributed by atoms with van der Waals surface area (Å²) in [5.41, 5.74) is 1.68. The van der Waals surface area contributed by atoms with E-state index in [1.165, 1.54) is 4.90 Å². The molecule has 7 nitrogen and oxygen atoms in total. The lowest BCUT2D eigenvalue weighted by atomic mass is 10.1. The minimum atomic E-state index is -0.918. The number of carbonyl (C=O) groups is 2. The maximum Gasteiger partial charge on any atom is 0.321 e. The number of rotatable bonds is 8. The summed E-state index contributed by atoms with van der Waals surface area (Å²) < 4.78 is 1.94. The second-order valence-corrected chi connectivity index (χ2v) is 7.05. The van der Waals surface area contributed by atoms with Crippen LogP contribution in [0.15, 0.2) is 6.20 Å². The summed E-state index contributed by atoms with van der Waals surface area (Å²) >= 11 is 0. The van der Waals surface area contributed by atoms with E-state index in [2.05, 4.69) is 38.1 Å². The number of carboxylic acid groups (broad SMARTS) is 1. The molecule has 1 atom stereocenters. The van der Waals surface area contributed by atoms with E-state index in [4.69, 9.17) is 5.11 Å². The van der Waals surface area contributed by atoms with Crippen molar-refractivity contribution in [2.45, 2.75) is 53.5 Å². The van der Waals surface area contributed by atoms with Crippen LogP contribution >= 0.6 is 0 Å². The second kappa shape index (κ2) is 8.70. The molecule has 0 aliphatic carbocycles. The predicted octanol–water partition coefficient (Wildman–Crippen LogP) is 3.24. The number of carboxylic acids is 1. The van der Waals surface area contributed by atoms with Gasteiger partial charge >= 0.3 is 12.0 Å². The lowest BCUT2D eigenvalue weighted by Crippen LogP contribution is -2.36. The van der Waals surface area contributed by atoms with Crippen LogP contribution in [0.2, 0.25) is 0 Å². The molecule has 1 aromatic heterocycles. The summed E-state index contributed by atoms with van der Waals surface area (Å²) in [5.74, 6) is -0.729. The molecule has 0 aliphatic heterocycles. The predicted molar refractivity (Wildman–Crippen MR) is 94.2 cm³/mol. The monoisotopic (exact) mass is 338 g/mol. The molecule has 7 heteroatoms. The van der Waals surface area contributed by atoms with Crippen molar-refractivity contribution in [3.05, 3.63) is 11.9 Å². The lowest BCUT2D eigenvalue weighted by Gasteiger charge is -2.21. The fourth-order valence-corrected chi connectivity index (χ4v) is 2.44. The van der Waals surface area contributed by atoms with E-state index in [0.717, 1.165) is 18.7 Å². The van der Waals surface area contributed by atoms with E-state index in [1.807, 2.05) is 4.68 Å². The van der Waals surface area contributed by atoms with Gasteiger partial charge in [-0.05, 0) is 18.3 Å². The zero-order chi connectivity index (χ0) is 18.4. The molecule has 2 N–H and O–H groups in total. The van der Waals surface area contributed by atoms with E-state index in [9.17, 15) is 9.59 Å². The summed E-state index contributed by atoms with van der Waals surface area (Å²) in [6, 6.07) is -0.326. The van der Waals surface area contributed by atoms with Gasteiger partial charge in [-0.25, -0.2) is 4.79 Å². The third-order valence-corrected chi connectivity index (χ3v) is 3.90. The van der Waals surface area contributed by atoms with Crippen LogP contribution in [0, 0.1) is 11.8 Å². The number of aryl methyl sites for hydroxylation is 1. The SMILES string of the molecule is CC(C)CCn1ncc(NC(=O)N(C)CC(C)C(=O)O)c1C(C)C. The molecule has 0 aliphatic rings. The number of aromatic nitrogens is 2. The van der Waals surface area contributed by atoms with Crippen molar-refractivity contribution < 1.29 is 14.7 Å². The Morgan fingerprint density at radius 3 is 2.42 bits per heavy atom. The van der Waals surface area contributed by atoms with E-state index in [0.29, 0.717) is 11.6 Å². The van der Waals surface area contributed by atoms with Crippen molar-refractivity contribution in [2.75, 3.05) is 18.9 Å². The van der Waals surface area contributed by atoms with Gasteiger partial charge < -0.3 is 15.3 Å². The van der Waals surface area contributed by atoms with E-state index < -0.39 is 11.9 Å². The van der Waals surface area contributed by atoms with Crippen LogP contribution in [-0.2, 0) is 11.3 Å². The zero-order valence-electron chi connectivity index (χ0n) is 15.5. The minimum Gasteiger partial charge on any atom is -0.481 e. The third kappa shape index (κ3) is 5.54. The summed E-state index contributed by atoms with van der Waals surface area (Å²) in [6.07, 6.45) is 2.69. The van der Waals surface area contributed by atoms with Gasteiger partial charge in [-0.1, -0.05) is 34.6 Å². The molecule has 1 heterocycles. The number of amides is 2. The number of aliphatic carboxylic acids is 1. The highest BCUT2D eigenvalue weighted by molar-refractivity contribution is 5.90. The zero-order valence-corrected chi connectivity index (χ0v) is 15.5. The van der Waals surface area contributed by atoms with Gasteiger partial charge in [0.15, 0.2) is 0 Å². The van der Waals surface area contributed by atoms with Crippen LogP contribution in [0.3, 0.4) is 0 Å². The standard InChI is InChI=1S/C17H30N4O3/c1-11(2)7-8-21-15(12(3)4)14(9-18-21)19-17(24)20(6)10-13(5)16(22)23/h9,11-13H,7-8,10H2,1-6H3,(H,19,24)(H,22,23). The smallest absolute Gasteiger partial charge is 0.321 e. The molecule has 0 bridgehead atoms. The Morgan fingerprint density at radius 2 is 1.92 bits per heavy atom. The Hall–Kier alpha value is -2.05. The molecule has 1 rings (SSSR count). The van der Waals surface area contributed by atoms with Crippen LogP contribution in [-0.4, -0.2) is 45.4 Å². The van der Waals surface area contributed by atoms with Gasteiger partial charge in [-0.3, -0.25) is 9.48 Å². The maximum atomic E-state index is 12.3. The highest BCUT2D eigenvalue weighted by atomic mass is 16.4. The molecule has 0 saturated carbocycles. The van der Waals surface area contributed by atoms with Gasteiger partial charge in [-0.15, -0.1) is 0 Å². The largest absolute Gasteiger partial charge is 0.481 e. The van der Waals surface area contributed by atoms with Crippen molar-refractivity contribution in [3.8, 4) is 0 Å². The van der Waals surface area contributed by atoms with Crippen LogP contribution in [0.4, 0.5) is 10.5 Å². The van der Waals surface area contributed by atoms with Crippen LogP contribution in [0.25, 0.3) is 0 Å². The summed E-state index contributed by atoms with van der Waals surface area (Å²) in [6.45, 7) is 11.0. The summed E-state index contributed by atoms with van der Waals surface area (Å²) in [7, 11) is 1.59. The van der Waals surface area contributed by atoms with Crippen LogP contribution in [0.5, 0.6) is 0 Å². The van der Waals surface area contributed by atoms with Crippen molar-refractivity contribution >= 4 is 17.7 Å². The molecule has 0 fully saturated rings. The lowest BCUT2D eigenvalue weighted by molar-refractivity contribution is -0.141. The molecule has 1 unspecified atom stereocenters. The Bertz CT molecular complexity index is 566. The Labute approximate surface area is 144 Å². The van der Waals surface area contributed by atoms with E-state index in [1.54, 1.807) is 20.2 Å². The topological polar surface area (TPSA) is 87.5 Å².